The number of urea groups is 1. The van der Waals surface area contributed by atoms with Gasteiger partial charge in [-0.15, -0.1) is 0 Å². The Hall–Kier alpha value is -1.66. The SMILES string of the molecule is Cc1ccc(F)cc1NC(=O)N1CCCC(O)(CN(C)C)CC1. The number of anilines is 1. The van der Waals surface area contributed by atoms with Crippen molar-refractivity contribution in [3.8, 4) is 0 Å². The minimum Gasteiger partial charge on any atom is -0.388 e. The first kappa shape index (κ1) is 17.7. The highest BCUT2D eigenvalue weighted by atomic mass is 19.1. The summed E-state index contributed by atoms with van der Waals surface area (Å²) in [4.78, 5) is 16.1. The quantitative estimate of drug-likeness (QED) is 0.898. The smallest absolute Gasteiger partial charge is 0.321 e. The van der Waals surface area contributed by atoms with Crippen LogP contribution in [0.4, 0.5) is 14.9 Å². The van der Waals surface area contributed by atoms with E-state index in [9.17, 15) is 14.3 Å². The lowest BCUT2D eigenvalue weighted by molar-refractivity contribution is 0.00361. The van der Waals surface area contributed by atoms with Gasteiger partial charge >= 0.3 is 6.03 Å². The van der Waals surface area contributed by atoms with Crippen LogP contribution in [-0.2, 0) is 0 Å². The number of hydrogen-bond donors (Lipinski definition) is 2. The van der Waals surface area contributed by atoms with Crippen molar-refractivity contribution in [2.75, 3.05) is 39.0 Å². The minimum absolute atomic E-state index is 0.243. The minimum atomic E-state index is -0.757. The molecule has 1 aromatic carbocycles. The van der Waals surface area contributed by atoms with Crippen LogP contribution in [0.25, 0.3) is 0 Å². The van der Waals surface area contributed by atoms with Crippen LogP contribution in [0.15, 0.2) is 18.2 Å². The average molecular weight is 323 g/mol. The van der Waals surface area contributed by atoms with E-state index in [0.29, 0.717) is 38.2 Å². The van der Waals surface area contributed by atoms with Crippen molar-refractivity contribution in [3.63, 3.8) is 0 Å². The Morgan fingerprint density at radius 1 is 1.39 bits per heavy atom. The molecular weight excluding hydrogens is 297 g/mol. The Morgan fingerprint density at radius 2 is 2.13 bits per heavy atom. The number of amides is 2. The summed E-state index contributed by atoms with van der Waals surface area (Å²) in [6.07, 6.45) is 1.97. The van der Waals surface area contributed by atoms with E-state index in [1.54, 1.807) is 11.0 Å². The number of hydrogen-bond acceptors (Lipinski definition) is 3. The lowest BCUT2D eigenvalue weighted by Crippen LogP contribution is -2.42. The fourth-order valence-electron chi connectivity index (χ4n) is 3.05. The van der Waals surface area contributed by atoms with E-state index in [1.165, 1.54) is 12.1 Å². The molecule has 23 heavy (non-hydrogen) atoms. The summed E-state index contributed by atoms with van der Waals surface area (Å²) in [5, 5.41) is 13.4. The van der Waals surface area contributed by atoms with E-state index in [1.807, 2.05) is 25.9 Å². The van der Waals surface area contributed by atoms with Crippen molar-refractivity contribution < 1.29 is 14.3 Å². The first-order valence-electron chi connectivity index (χ1n) is 7.98. The molecule has 2 N–H and O–H groups in total. The highest BCUT2D eigenvalue weighted by Crippen LogP contribution is 2.24. The van der Waals surface area contributed by atoms with Crippen LogP contribution < -0.4 is 5.32 Å². The van der Waals surface area contributed by atoms with Crippen molar-refractivity contribution in [1.82, 2.24) is 9.80 Å². The van der Waals surface area contributed by atoms with Crippen molar-refractivity contribution in [1.29, 1.82) is 0 Å². The van der Waals surface area contributed by atoms with Gasteiger partial charge in [-0.05, 0) is 58.0 Å². The molecule has 0 aromatic heterocycles. The van der Waals surface area contributed by atoms with Crippen molar-refractivity contribution in [2.24, 2.45) is 0 Å². The van der Waals surface area contributed by atoms with Gasteiger partial charge in [-0.1, -0.05) is 6.07 Å². The van der Waals surface area contributed by atoms with Crippen LogP contribution in [-0.4, -0.2) is 60.3 Å². The van der Waals surface area contributed by atoms with Gasteiger partial charge in [0.25, 0.3) is 0 Å². The third-order valence-electron chi connectivity index (χ3n) is 4.26. The number of rotatable bonds is 3. The van der Waals surface area contributed by atoms with E-state index in [4.69, 9.17) is 0 Å². The number of nitrogens with one attached hydrogen (secondary N) is 1. The van der Waals surface area contributed by atoms with E-state index in [0.717, 1.165) is 12.0 Å². The van der Waals surface area contributed by atoms with Crippen LogP contribution >= 0.6 is 0 Å². The predicted molar refractivity (Wildman–Crippen MR) is 89.1 cm³/mol. The monoisotopic (exact) mass is 323 g/mol. The van der Waals surface area contributed by atoms with Gasteiger partial charge in [-0.25, -0.2) is 9.18 Å². The maximum atomic E-state index is 13.3. The molecule has 1 fully saturated rings. The Labute approximate surface area is 137 Å². The van der Waals surface area contributed by atoms with Gasteiger partial charge in [0.1, 0.15) is 5.82 Å². The summed E-state index contributed by atoms with van der Waals surface area (Å²) in [5.41, 5.74) is 0.550. The highest BCUT2D eigenvalue weighted by Gasteiger charge is 2.32. The maximum absolute atomic E-state index is 13.3. The van der Waals surface area contributed by atoms with E-state index >= 15 is 0 Å². The van der Waals surface area contributed by atoms with Gasteiger partial charge in [0, 0.05) is 25.3 Å². The Bertz CT molecular complexity index is 565. The van der Waals surface area contributed by atoms with Gasteiger partial charge in [-0.3, -0.25) is 0 Å². The number of likely N-dealkylation sites (N-methyl/N-ethyl adjacent to an activating group) is 1. The summed E-state index contributed by atoms with van der Waals surface area (Å²) >= 11 is 0. The Morgan fingerprint density at radius 3 is 2.83 bits per heavy atom. The topological polar surface area (TPSA) is 55.8 Å². The molecule has 0 spiro atoms. The Balaban J connectivity index is 1.99. The number of carbonyl (C=O) groups is 1. The molecule has 0 saturated carbocycles. The van der Waals surface area contributed by atoms with Crippen LogP contribution in [0.3, 0.4) is 0 Å². The normalized spacial score (nSPS) is 22.1. The Kier molecular flexibility index (Phi) is 5.59. The highest BCUT2D eigenvalue weighted by molar-refractivity contribution is 5.90. The maximum Gasteiger partial charge on any atom is 0.321 e. The second-order valence-electron chi connectivity index (χ2n) is 6.69. The van der Waals surface area contributed by atoms with Crippen molar-refractivity contribution in [2.45, 2.75) is 31.8 Å². The fraction of sp³-hybridized carbons (Fsp3) is 0.588. The van der Waals surface area contributed by atoms with Gasteiger partial charge < -0.3 is 20.2 Å². The number of carbonyl (C=O) groups excluding carboxylic acids is 1. The van der Waals surface area contributed by atoms with Crippen LogP contribution in [0.5, 0.6) is 0 Å². The summed E-state index contributed by atoms with van der Waals surface area (Å²) in [6.45, 7) is 3.50. The molecule has 1 heterocycles. The third-order valence-corrected chi connectivity index (χ3v) is 4.26. The number of likely N-dealkylation sites (tertiary alicyclic amines) is 1. The van der Waals surface area contributed by atoms with E-state index < -0.39 is 5.60 Å². The summed E-state index contributed by atoms with van der Waals surface area (Å²) in [5.74, 6) is -0.373. The summed E-state index contributed by atoms with van der Waals surface area (Å²) < 4.78 is 13.3. The number of nitrogens with zero attached hydrogens (tertiary/aromatic N) is 2. The molecule has 5 nitrogen and oxygen atoms in total. The van der Waals surface area contributed by atoms with Gasteiger partial charge in [0.05, 0.1) is 5.60 Å². The van der Waals surface area contributed by atoms with E-state index in [-0.39, 0.29) is 11.8 Å². The molecular formula is C17H26FN3O2. The second kappa shape index (κ2) is 7.27. The molecule has 1 unspecified atom stereocenters. The molecule has 1 aliphatic heterocycles. The summed E-state index contributed by atoms with van der Waals surface area (Å²) in [6, 6.07) is 4.10. The number of aryl methyl sites for hydroxylation is 1. The number of halogens is 1. The van der Waals surface area contributed by atoms with Gasteiger partial charge in [-0.2, -0.15) is 0 Å². The third kappa shape index (κ3) is 4.91. The molecule has 1 aromatic rings. The first-order valence-corrected chi connectivity index (χ1v) is 7.98. The molecule has 1 atom stereocenters. The molecule has 0 aliphatic carbocycles. The molecule has 1 aliphatic rings. The van der Waals surface area contributed by atoms with Crippen LogP contribution in [0.2, 0.25) is 0 Å². The molecule has 2 amide bonds. The van der Waals surface area contributed by atoms with E-state index in [2.05, 4.69) is 5.32 Å². The number of aliphatic hydroxyl groups is 1. The predicted octanol–water partition coefficient (Wildman–Crippen LogP) is 2.44. The summed E-state index contributed by atoms with van der Waals surface area (Å²) in [7, 11) is 3.86. The second-order valence-corrected chi connectivity index (χ2v) is 6.69. The first-order chi connectivity index (χ1) is 10.8. The molecule has 0 bridgehead atoms. The fourth-order valence-corrected chi connectivity index (χ4v) is 3.05. The van der Waals surface area contributed by atoms with Crippen molar-refractivity contribution in [3.05, 3.63) is 29.6 Å². The lowest BCUT2D eigenvalue weighted by Gasteiger charge is -2.30. The van der Waals surface area contributed by atoms with Crippen LogP contribution in [0, 0.1) is 12.7 Å². The van der Waals surface area contributed by atoms with Crippen LogP contribution in [0.1, 0.15) is 24.8 Å². The molecule has 128 valence electrons. The lowest BCUT2D eigenvalue weighted by atomic mass is 9.94. The zero-order chi connectivity index (χ0) is 17.0. The molecule has 6 heteroatoms. The zero-order valence-corrected chi connectivity index (χ0v) is 14.1. The van der Waals surface area contributed by atoms with Crippen molar-refractivity contribution >= 4 is 11.7 Å². The average Bonchev–Trinajstić information content (AvgIpc) is 2.64. The molecule has 2 rings (SSSR count). The number of benzene rings is 1. The largest absolute Gasteiger partial charge is 0.388 e. The van der Waals surface area contributed by atoms with Gasteiger partial charge in [0.2, 0.25) is 0 Å². The zero-order valence-electron chi connectivity index (χ0n) is 14.1. The van der Waals surface area contributed by atoms with Gasteiger partial charge in [0.15, 0.2) is 0 Å². The standard InChI is InChI=1S/C17H26FN3O2/c1-13-5-6-14(18)11-15(13)19-16(22)21-9-4-7-17(23,8-10-21)12-20(2)3/h5-6,11,23H,4,7-10,12H2,1-3H3,(H,19,22). The molecule has 0 radical (unpaired) electrons. The molecule has 1 saturated heterocycles.